The zero-order valence-corrected chi connectivity index (χ0v) is 9.62. The van der Waals surface area contributed by atoms with Crippen LogP contribution >= 0.6 is 11.8 Å². The van der Waals surface area contributed by atoms with E-state index in [1.54, 1.807) is 25.4 Å². The normalized spacial score (nSPS) is 14.5. The summed E-state index contributed by atoms with van der Waals surface area (Å²) in [6.07, 6.45) is 4.65. The molecule has 0 aliphatic heterocycles. The van der Waals surface area contributed by atoms with Gasteiger partial charge in [-0.1, -0.05) is 25.1 Å². The molecule has 5 heteroatoms. The minimum Gasteiger partial charge on any atom is -0.480 e. The lowest BCUT2D eigenvalue weighted by Crippen LogP contribution is -2.31. The molecule has 1 N–H and O–H groups in total. The van der Waals surface area contributed by atoms with Crippen molar-refractivity contribution in [1.29, 1.82) is 0 Å². The van der Waals surface area contributed by atoms with Gasteiger partial charge in [-0.25, -0.2) is 9.97 Å². The Morgan fingerprint density at radius 3 is 2.60 bits per heavy atom. The molecule has 1 aromatic heterocycles. The van der Waals surface area contributed by atoms with E-state index < -0.39 is 10.7 Å². The van der Waals surface area contributed by atoms with Gasteiger partial charge in [-0.05, 0) is 19.4 Å². The number of carboxylic acids is 1. The Morgan fingerprint density at radius 2 is 2.13 bits per heavy atom. The first kappa shape index (κ1) is 12.0. The van der Waals surface area contributed by atoms with Gasteiger partial charge in [0.15, 0.2) is 5.16 Å². The lowest BCUT2D eigenvalue weighted by Gasteiger charge is -2.21. The molecule has 0 aliphatic carbocycles. The highest BCUT2D eigenvalue weighted by atomic mass is 32.2. The van der Waals surface area contributed by atoms with Crippen LogP contribution in [0.4, 0.5) is 0 Å². The number of rotatable bonds is 5. The van der Waals surface area contributed by atoms with Crippen LogP contribution in [0.15, 0.2) is 23.6 Å². The van der Waals surface area contributed by atoms with Gasteiger partial charge in [0.1, 0.15) is 4.75 Å². The van der Waals surface area contributed by atoms with Crippen molar-refractivity contribution in [3.63, 3.8) is 0 Å². The topological polar surface area (TPSA) is 63.1 Å². The van der Waals surface area contributed by atoms with E-state index in [0.29, 0.717) is 11.6 Å². The molecule has 15 heavy (non-hydrogen) atoms. The predicted octanol–water partition coefficient (Wildman–Crippen LogP) is 2.21. The number of nitrogens with zero attached hydrogens (tertiary/aromatic N) is 2. The number of carboxylic acid groups (broad SMARTS) is 1. The largest absolute Gasteiger partial charge is 0.480 e. The molecule has 4 nitrogen and oxygen atoms in total. The van der Waals surface area contributed by atoms with Crippen molar-refractivity contribution in [3.05, 3.63) is 18.5 Å². The van der Waals surface area contributed by atoms with Crippen LogP contribution in [0.2, 0.25) is 0 Å². The monoisotopic (exact) mass is 226 g/mol. The maximum Gasteiger partial charge on any atom is 0.319 e. The van der Waals surface area contributed by atoms with Crippen LogP contribution in [-0.4, -0.2) is 25.8 Å². The summed E-state index contributed by atoms with van der Waals surface area (Å²) >= 11 is 1.20. The maximum absolute atomic E-state index is 11.1. The van der Waals surface area contributed by atoms with Crippen molar-refractivity contribution in [2.24, 2.45) is 0 Å². The van der Waals surface area contributed by atoms with Gasteiger partial charge in [0.2, 0.25) is 0 Å². The number of hydrogen-bond donors (Lipinski definition) is 1. The minimum absolute atomic E-state index is 0.510. The molecule has 82 valence electrons. The van der Waals surface area contributed by atoms with Gasteiger partial charge in [-0.15, -0.1) is 0 Å². The second kappa shape index (κ2) is 5.11. The highest BCUT2D eigenvalue weighted by Crippen LogP contribution is 2.34. The van der Waals surface area contributed by atoms with E-state index in [4.69, 9.17) is 5.11 Å². The first-order valence-electron chi connectivity index (χ1n) is 4.78. The molecule has 0 bridgehead atoms. The summed E-state index contributed by atoms with van der Waals surface area (Å²) in [6.45, 7) is 3.67. The van der Waals surface area contributed by atoms with Crippen LogP contribution in [0.5, 0.6) is 0 Å². The third-order valence-corrected chi connectivity index (χ3v) is 3.26. The van der Waals surface area contributed by atoms with Gasteiger partial charge in [0.05, 0.1) is 0 Å². The first-order valence-corrected chi connectivity index (χ1v) is 5.59. The molecule has 1 rings (SSSR count). The molecule has 0 fully saturated rings. The molecule has 1 atom stereocenters. The van der Waals surface area contributed by atoms with Crippen molar-refractivity contribution in [3.8, 4) is 0 Å². The molecule has 0 saturated heterocycles. The zero-order chi connectivity index (χ0) is 11.3. The van der Waals surface area contributed by atoms with Crippen LogP contribution in [0.25, 0.3) is 0 Å². The molecule has 0 aromatic carbocycles. The summed E-state index contributed by atoms with van der Waals surface area (Å²) in [5.41, 5.74) is 0. The minimum atomic E-state index is -0.837. The number of carbonyl (C=O) groups is 1. The van der Waals surface area contributed by atoms with Gasteiger partial charge in [0.25, 0.3) is 0 Å². The summed E-state index contributed by atoms with van der Waals surface area (Å²) in [7, 11) is 0. The zero-order valence-electron chi connectivity index (χ0n) is 8.80. The fraction of sp³-hybridized carbons (Fsp3) is 0.500. The Hall–Kier alpha value is -1.10. The van der Waals surface area contributed by atoms with E-state index >= 15 is 0 Å². The average molecular weight is 226 g/mol. The van der Waals surface area contributed by atoms with E-state index in [1.165, 1.54) is 11.8 Å². The molecule has 1 unspecified atom stereocenters. The molecule has 1 aromatic rings. The Balaban J connectivity index is 2.80. The van der Waals surface area contributed by atoms with E-state index in [9.17, 15) is 4.79 Å². The molecule has 0 radical (unpaired) electrons. The molecular weight excluding hydrogens is 212 g/mol. The Kier molecular flexibility index (Phi) is 4.08. The third kappa shape index (κ3) is 3.20. The lowest BCUT2D eigenvalue weighted by molar-refractivity contribution is -0.139. The average Bonchev–Trinajstić information content (AvgIpc) is 2.19. The summed E-state index contributed by atoms with van der Waals surface area (Å²) in [5, 5.41) is 9.66. The standard InChI is InChI=1S/C10H14N2O2S/c1-3-5-10(2,8(13)14)15-9-11-6-4-7-12-9/h4,6-7H,3,5H2,1-2H3,(H,13,14). The van der Waals surface area contributed by atoms with Gasteiger partial charge in [0, 0.05) is 12.4 Å². The maximum atomic E-state index is 11.1. The van der Waals surface area contributed by atoms with Crippen LogP contribution < -0.4 is 0 Å². The number of thioether (sulfide) groups is 1. The molecule has 0 saturated carbocycles. The quantitative estimate of drug-likeness (QED) is 0.616. The van der Waals surface area contributed by atoms with Crippen molar-refractivity contribution >= 4 is 17.7 Å². The van der Waals surface area contributed by atoms with E-state index in [1.807, 2.05) is 6.92 Å². The summed E-state index contributed by atoms with van der Waals surface area (Å²) in [5.74, 6) is -0.818. The highest BCUT2D eigenvalue weighted by Gasteiger charge is 2.34. The van der Waals surface area contributed by atoms with E-state index in [2.05, 4.69) is 9.97 Å². The fourth-order valence-electron chi connectivity index (χ4n) is 1.22. The second-order valence-corrected chi connectivity index (χ2v) is 4.89. The Bertz CT molecular complexity index is 331. The van der Waals surface area contributed by atoms with Crippen molar-refractivity contribution < 1.29 is 9.90 Å². The van der Waals surface area contributed by atoms with Crippen molar-refractivity contribution in [1.82, 2.24) is 9.97 Å². The van der Waals surface area contributed by atoms with Gasteiger partial charge in [-0.3, -0.25) is 4.79 Å². The second-order valence-electron chi connectivity index (χ2n) is 3.42. The molecule has 1 heterocycles. The highest BCUT2D eigenvalue weighted by molar-refractivity contribution is 8.01. The number of hydrogen-bond acceptors (Lipinski definition) is 4. The number of aromatic nitrogens is 2. The number of aliphatic carboxylic acids is 1. The Labute approximate surface area is 93.1 Å². The van der Waals surface area contributed by atoms with Gasteiger partial charge < -0.3 is 5.11 Å². The van der Waals surface area contributed by atoms with Crippen LogP contribution in [0, 0.1) is 0 Å². The summed E-state index contributed by atoms with van der Waals surface area (Å²) < 4.78 is -0.837. The SMILES string of the molecule is CCCC(C)(Sc1ncccn1)C(=O)O. The van der Waals surface area contributed by atoms with Gasteiger partial charge >= 0.3 is 5.97 Å². The first-order chi connectivity index (χ1) is 7.08. The predicted molar refractivity (Wildman–Crippen MR) is 58.8 cm³/mol. The van der Waals surface area contributed by atoms with E-state index in [0.717, 1.165) is 6.42 Å². The summed E-state index contributed by atoms with van der Waals surface area (Å²) in [4.78, 5) is 19.2. The van der Waals surface area contributed by atoms with Crippen LogP contribution in [0.1, 0.15) is 26.7 Å². The van der Waals surface area contributed by atoms with Crippen molar-refractivity contribution in [2.45, 2.75) is 36.6 Å². The lowest BCUT2D eigenvalue weighted by atomic mass is 10.1. The van der Waals surface area contributed by atoms with Crippen LogP contribution in [-0.2, 0) is 4.79 Å². The molecule has 0 amide bonds. The summed E-state index contributed by atoms with van der Waals surface area (Å²) in [6, 6.07) is 1.71. The molecule has 0 spiro atoms. The Morgan fingerprint density at radius 1 is 1.53 bits per heavy atom. The molecule has 0 aliphatic rings. The van der Waals surface area contributed by atoms with E-state index in [-0.39, 0.29) is 0 Å². The van der Waals surface area contributed by atoms with Crippen molar-refractivity contribution in [2.75, 3.05) is 0 Å². The van der Waals surface area contributed by atoms with Crippen LogP contribution in [0.3, 0.4) is 0 Å². The van der Waals surface area contributed by atoms with Gasteiger partial charge in [-0.2, -0.15) is 0 Å². The third-order valence-electron chi connectivity index (χ3n) is 2.04. The smallest absolute Gasteiger partial charge is 0.319 e. The molecular formula is C10H14N2O2S. The fourth-order valence-corrected chi connectivity index (χ4v) is 2.24.